The van der Waals surface area contributed by atoms with Crippen LogP contribution < -0.4 is 4.74 Å². The number of hydrogen-bond donors (Lipinski definition) is 1. The number of rotatable bonds is 12. The molecule has 23 heavy (non-hydrogen) atoms. The van der Waals surface area contributed by atoms with Gasteiger partial charge in [0.2, 0.25) is 0 Å². The second-order valence-electron chi connectivity index (χ2n) is 5.95. The molecule has 0 heterocycles. The Hall–Kier alpha value is -1.57. The van der Waals surface area contributed by atoms with Crippen LogP contribution in [0.2, 0.25) is 0 Å². The number of nitriles is 1. The first-order chi connectivity index (χ1) is 11.2. The number of unbranched alkanes of at least 4 members (excludes halogenated alkanes) is 2. The first-order valence-electron chi connectivity index (χ1n) is 8.68. The summed E-state index contributed by atoms with van der Waals surface area (Å²) in [7, 11) is 0. The predicted molar refractivity (Wildman–Crippen MR) is 93.5 cm³/mol. The van der Waals surface area contributed by atoms with Crippen LogP contribution in [-0.2, 0) is 6.42 Å². The Morgan fingerprint density at radius 2 is 1.74 bits per heavy atom. The zero-order chi connectivity index (χ0) is 16.9. The quantitative estimate of drug-likeness (QED) is 0.642. The SMILES string of the molecule is CCCCN(CCCC)CC(O)COc1ccc(CC#N)cc1. The molecule has 0 aromatic heterocycles. The van der Waals surface area contributed by atoms with Gasteiger partial charge in [0.1, 0.15) is 18.5 Å². The van der Waals surface area contributed by atoms with Gasteiger partial charge in [-0.25, -0.2) is 0 Å². The Labute approximate surface area is 140 Å². The molecule has 0 aliphatic rings. The lowest BCUT2D eigenvalue weighted by atomic mass is 10.2. The van der Waals surface area contributed by atoms with Crippen molar-refractivity contribution < 1.29 is 9.84 Å². The number of hydrogen-bond acceptors (Lipinski definition) is 4. The van der Waals surface area contributed by atoms with Crippen molar-refractivity contribution in [1.29, 1.82) is 5.26 Å². The largest absolute Gasteiger partial charge is 0.491 e. The fourth-order valence-electron chi connectivity index (χ4n) is 2.40. The monoisotopic (exact) mass is 318 g/mol. The number of aliphatic hydroxyl groups is 1. The third-order valence-corrected chi connectivity index (χ3v) is 3.77. The molecule has 0 saturated heterocycles. The molecular weight excluding hydrogens is 288 g/mol. The minimum Gasteiger partial charge on any atom is -0.491 e. The van der Waals surface area contributed by atoms with Crippen molar-refractivity contribution in [3.05, 3.63) is 29.8 Å². The average Bonchev–Trinajstić information content (AvgIpc) is 2.57. The summed E-state index contributed by atoms with van der Waals surface area (Å²) in [6.45, 7) is 7.41. The van der Waals surface area contributed by atoms with Crippen molar-refractivity contribution in [3.8, 4) is 11.8 Å². The van der Waals surface area contributed by atoms with Crippen molar-refractivity contribution in [2.24, 2.45) is 0 Å². The molecule has 0 spiro atoms. The fourth-order valence-corrected chi connectivity index (χ4v) is 2.40. The molecule has 0 radical (unpaired) electrons. The van der Waals surface area contributed by atoms with Crippen LogP contribution in [0.5, 0.6) is 5.75 Å². The zero-order valence-electron chi connectivity index (χ0n) is 14.5. The Kier molecular flexibility index (Phi) is 10.1. The molecular formula is C19H30N2O2. The van der Waals surface area contributed by atoms with Crippen molar-refractivity contribution >= 4 is 0 Å². The summed E-state index contributed by atoms with van der Waals surface area (Å²) in [6.07, 6.45) is 4.60. The minimum atomic E-state index is -0.484. The second-order valence-corrected chi connectivity index (χ2v) is 5.95. The molecule has 1 aromatic carbocycles. The van der Waals surface area contributed by atoms with Gasteiger partial charge in [-0.2, -0.15) is 5.26 Å². The lowest BCUT2D eigenvalue weighted by molar-refractivity contribution is 0.0671. The van der Waals surface area contributed by atoms with Gasteiger partial charge in [-0.3, -0.25) is 0 Å². The molecule has 1 rings (SSSR count). The van der Waals surface area contributed by atoms with Crippen molar-refractivity contribution in [2.45, 2.75) is 52.1 Å². The number of aliphatic hydroxyl groups excluding tert-OH is 1. The van der Waals surface area contributed by atoms with Gasteiger partial charge in [0.15, 0.2) is 0 Å². The van der Waals surface area contributed by atoms with E-state index < -0.39 is 6.10 Å². The van der Waals surface area contributed by atoms with E-state index in [4.69, 9.17) is 10.00 Å². The Morgan fingerprint density at radius 3 is 2.26 bits per heavy atom. The van der Waals surface area contributed by atoms with Crippen LogP contribution >= 0.6 is 0 Å². The number of benzene rings is 1. The lowest BCUT2D eigenvalue weighted by Crippen LogP contribution is -2.36. The smallest absolute Gasteiger partial charge is 0.119 e. The molecule has 0 fully saturated rings. The summed E-state index contributed by atoms with van der Waals surface area (Å²) in [4.78, 5) is 2.33. The molecule has 1 atom stereocenters. The molecule has 0 aliphatic carbocycles. The maximum absolute atomic E-state index is 10.2. The number of ether oxygens (including phenoxy) is 1. The highest BCUT2D eigenvalue weighted by Gasteiger charge is 2.12. The highest BCUT2D eigenvalue weighted by Crippen LogP contribution is 2.13. The maximum Gasteiger partial charge on any atom is 0.119 e. The van der Waals surface area contributed by atoms with Crippen molar-refractivity contribution in [3.63, 3.8) is 0 Å². The summed E-state index contributed by atoms with van der Waals surface area (Å²) < 4.78 is 5.65. The van der Waals surface area contributed by atoms with Crippen LogP contribution in [0, 0.1) is 11.3 Å². The summed E-state index contributed by atoms with van der Waals surface area (Å²) in [5, 5.41) is 18.9. The summed E-state index contributed by atoms with van der Waals surface area (Å²) in [5.41, 5.74) is 0.978. The average molecular weight is 318 g/mol. The van der Waals surface area contributed by atoms with Gasteiger partial charge in [-0.05, 0) is 43.6 Å². The van der Waals surface area contributed by atoms with E-state index in [0.717, 1.165) is 37.2 Å². The van der Waals surface area contributed by atoms with E-state index >= 15 is 0 Å². The maximum atomic E-state index is 10.2. The highest BCUT2D eigenvalue weighted by molar-refractivity contribution is 5.28. The van der Waals surface area contributed by atoms with Crippen LogP contribution in [0.3, 0.4) is 0 Å². The van der Waals surface area contributed by atoms with Crippen LogP contribution in [0.4, 0.5) is 0 Å². The summed E-state index contributed by atoms with van der Waals surface area (Å²) >= 11 is 0. The standard InChI is InChI=1S/C19H30N2O2/c1-3-5-13-21(14-6-4-2)15-18(22)16-23-19-9-7-17(8-10-19)11-12-20/h7-10,18,22H,3-6,11,13-16H2,1-2H3. The van der Waals surface area contributed by atoms with E-state index in [1.807, 2.05) is 24.3 Å². The van der Waals surface area contributed by atoms with E-state index in [0.29, 0.717) is 19.6 Å². The Morgan fingerprint density at radius 1 is 1.13 bits per heavy atom. The first kappa shape index (κ1) is 19.5. The zero-order valence-corrected chi connectivity index (χ0v) is 14.5. The molecule has 0 bridgehead atoms. The molecule has 0 saturated carbocycles. The van der Waals surface area contributed by atoms with Gasteiger partial charge in [0, 0.05) is 6.54 Å². The van der Waals surface area contributed by atoms with Crippen molar-refractivity contribution in [2.75, 3.05) is 26.2 Å². The van der Waals surface area contributed by atoms with Crippen molar-refractivity contribution in [1.82, 2.24) is 4.90 Å². The Bertz CT molecular complexity index is 445. The molecule has 4 heteroatoms. The third kappa shape index (κ3) is 8.59. The Balaban J connectivity index is 2.38. The second kappa shape index (κ2) is 11.9. The van der Waals surface area contributed by atoms with E-state index in [2.05, 4.69) is 24.8 Å². The van der Waals surface area contributed by atoms with E-state index in [9.17, 15) is 5.11 Å². The first-order valence-corrected chi connectivity index (χ1v) is 8.68. The molecule has 4 nitrogen and oxygen atoms in total. The van der Waals surface area contributed by atoms with Gasteiger partial charge in [-0.15, -0.1) is 0 Å². The van der Waals surface area contributed by atoms with Crippen LogP contribution in [0.15, 0.2) is 24.3 Å². The summed E-state index contributed by atoms with van der Waals surface area (Å²) in [6, 6.07) is 9.60. The van der Waals surface area contributed by atoms with Gasteiger partial charge in [-0.1, -0.05) is 38.8 Å². The van der Waals surface area contributed by atoms with Gasteiger partial charge in [0.25, 0.3) is 0 Å². The lowest BCUT2D eigenvalue weighted by Gasteiger charge is -2.25. The normalized spacial score (nSPS) is 12.1. The van der Waals surface area contributed by atoms with Crippen LogP contribution in [-0.4, -0.2) is 42.4 Å². The van der Waals surface area contributed by atoms with E-state index in [1.54, 1.807) is 0 Å². The fraction of sp³-hybridized carbons (Fsp3) is 0.632. The molecule has 0 amide bonds. The highest BCUT2D eigenvalue weighted by atomic mass is 16.5. The predicted octanol–water partition coefficient (Wildman–Crippen LogP) is 3.39. The topological polar surface area (TPSA) is 56.5 Å². The molecule has 0 aliphatic heterocycles. The van der Waals surface area contributed by atoms with Crippen LogP contribution in [0.1, 0.15) is 45.1 Å². The molecule has 128 valence electrons. The van der Waals surface area contributed by atoms with Gasteiger partial charge >= 0.3 is 0 Å². The van der Waals surface area contributed by atoms with E-state index in [1.165, 1.54) is 12.8 Å². The minimum absolute atomic E-state index is 0.298. The summed E-state index contributed by atoms with van der Waals surface area (Å²) in [5.74, 6) is 0.736. The third-order valence-electron chi connectivity index (χ3n) is 3.77. The molecule has 1 aromatic rings. The van der Waals surface area contributed by atoms with Gasteiger partial charge < -0.3 is 14.7 Å². The molecule has 1 unspecified atom stereocenters. The van der Waals surface area contributed by atoms with Crippen LogP contribution in [0.25, 0.3) is 0 Å². The van der Waals surface area contributed by atoms with Gasteiger partial charge in [0.05, 0.1) is 12.5 Å². The van der Waals surface area contributed by atoms with E-state index in [-0.39, 0.29) is 0 Å². The molecule has 1 N–H and O–H groups in total. The number of nitrogens with zero attached hydrogens (tertiary/aromatic N) is 2.